The van der Waals surface area contributed by atoms with Crippen LogP contribution in [0.3, 0.4) is 0 Å². The zero-order valence-electron chi connectivity index (χ0n) is 21.5. The van der Waals surface area contributed by atoms with Crippen LogP contribution in [0.1, 0.15) is 43.1 Å². The van der Waals surface area contributed by atoms with E-state index in [2.05, 4.69) is 30.0 Å². The van der Waals surface area contributed by atoms with Crippen molar-refractivity contribution >= 4 is 22.5 Å². The molecule has 5 heterocycles. The van der Waals surface area contributed by atoms with Gasteiger partial charge in [0.05, 0.1) is 30.3 Å². The Morgan fingerprint density at radius 2 is 2.00 bits per heavy atom. The third-order valence-electron chi connectivity index (χ3n) is 7.30. The maximum absolute atomic E-state index is 11.3. The monoisotopic (exact) mass is 535 g/mol. The molecule has 0 spiro atoms. The zero-order chi connectivity index (χ0) is 26.8. The molecule has 1 aliphatic heterocycles. The fourth-order valence-corrected chi connectivity index (χ4v) is 5.12. The van der Waals surface area contributed by atoms with Gasteiger partial charge in [-0.25, -0.2) is 0 Å². The van der Waals surface area contributed by atoms with Gasteiger partial charge in [-0.3, -0.25) is 4.98 Å². The van der Waals surface area contributed by atoms with Crippen molar-refractivity contribution in [2.24, 2.45) is 7.05 Å². The van der Waals surface area contributed by atoms with Crippen molar-refractivity contribution in [2.75, 3.05) is 31.2 Å². The quantitative estimate of drug-likeness (QED) is 0.261. The minimum Gasteiger partial charge on any atom is -0.485 e. The van der Waals surface area contributed by atoms with Crippen LogP contribution in [0.5, 0.6) is 11.6 Å². The number of nitro groups is 1. The molecule has 2 fully saturated rings. The number of hydrogen-bond donors (Lipinski definition) is 1. The van der Waals surface area contributed by atoms with Gasteiger partial charge < -0.3 is 38.8 Å². The molecule has 0 atom stereocenters. The van der Waals surface area contributed by atoms with Crippen molar-refractivity contribution < 1.29 is 19.1 Å². The van der Waals surface area contributed by atoms with Gasteiger partial charge in [0.15, 0.2) is 5.69 Å². The van der Waals surface area contributed by atoms with Crippen molar-refractivity contribution in [2.45, 2.75) is 44.3 Å². The number of pyridine rings is 2. The molecular weight excluding hydrogens is 506 g/mol. The van der Waals surface area contributed by atoms with Gasteiger partial charge >= 0.3 is 5.82 Å². The SMILES string of the molecule is Cn1cnc([N+](=O)[O-])c1COc1cnc2cc(N3CCOCC3)nc(O[C@H]3CC[C@@H](c4nnc[nH]4)CC3)c2c1. The molecule has 1 N–H and O–H groups in total. The molecule has 6 rings (SSSR count). The van der Waals surface area contributed by atoms with E-state index in [9.17, 15) is 10.1 Å². The number of aromatic nitrogens is 7. The first kappa shape index (κ1) is 25.0. The third-order valence-corrected chi connectivity index (χ3v) is 7.30. The molecule has 14 heteroatoms. The Hall–Kier alpha value is -4.33. The highest BCUT2D eigenvalue weighted by atomic mass is 16.6. The van der Waals surface area contributed by atoms with Crippen LogP contribution in [0.2, 0.25) is 0 Å². The number of morpholine rings is 1. The summed E-state index contributed by atoms with van der Waals surface area (Å²) in [5, 5.41) is 20.1. The van der Waals surface area contributed by atoms with Gasteiger partial charge in [0.25, 0.3) is 0 Å². The standard InChI is InChI=1S/C25H29N9O5/c1-32-15-28-24(34(35)36)21(32)13-38-18-10-19-20(26-12-18)11-22(33-6-8-37-9-7-33)30-25(19)39-17-4-2-16(3-5-17)23-27-14-29-31-23/h10-12,14-17H,2-9,13H2,1H3,(H,27,29,31)/t16-,17+. The van der Waals surface area contributed by atoms with E-state index in [4.69, 9.17) is 19.2 Å². The van der Waals surface area contributed by atoms with Crippen molar-refractivity contribution in [3.05, 3.63) is 52.6 Å². The Balaban J connectivity index is 1.26. The summed E-state index contributed by atoms with van der Waals surface area (Å²) >= 11 is 0. The van der Waals surface area contributed by atoms with Gasteiger partial charge in [-0.2, -0.15) is 4.98 Å². The van der Waals surface area contributed by atoms with Crippen molar-refractivity contribution in [1.29, 1.82) is 0 Å². The second kappa shape index (κ2) is 10.8. The minimum atomic E-state index is -0.516. The molecule has 0 radical (unpaired) electrons. The normalized spacial score (nSPS) is 19.8. The molecule has 14 nitrogen and oxygen atoms in total. The number of aromatic amines is 1. The molecule has 1 saturated carbocycles. The highest BCUT2D eigenvalue weighted by Gasteiger charge is 2.27. The lowest BCUT2D eigenvalue weighted by atomic mass is 9.87. The summed E-state index contributed by atoms with van der Waals surface area (Å²) in [6.07, 6.45) is 8.24. The zero-order valence-corrected chi connectivity index (χ0v) is 21.5. The van der Waals surface area contributed by atoms with E-state index in [0.717, 1.165) is 61.3 Å². The summed E-state index contributed by atoms with van der Waals surface area (Å²) in [7, 11) is 1.69. The Labute approximate surface area is 223 Å². The van der Waals surface area contributed by atoms with Crippen LogP contribution in [0.25, 0.3) is 10.9 Å². The van der Waals surface area contributed by atoms with Gasteiger partial charge in [0.2, 0.25) is 12.2 Å². The predicted molar refractivity (Wildman–Crippen MR) is 139 cm³/mol. The minimum absolute atomic E-state index is 0.00137. The molecule has 1 saturated heterocycles. The highest BCUT2D eigenvalue weighted by molar-refractivity contribution is 5.87. The Bertz CT molecular complexity index is 1440. The number of imidazole rings is 1. The van der Waals surface area contributed by atoms with Crippen LogP contribution in [0.4, 0.5) is 11.6 Å². The topological polar surface area (TPSA) is 159 Å². The lowest BCUT2D eigenvalue weighted by Crippen LogP contribution is -2.36. The highest BCUT2D eigenvalue weighted by Crippen LogP contribution is 2.36. The number of anilines is 1. The molecule has 0 unspecified atom stereocenters. The van der Waals surface area contributed by atoms with E-state index in [1.165, 1.54) is 6.33 Å². The van der Waals surface area contributed by atoms with E-state index >= 15 is 0 Å². The number of nitrogens with zero attached hydrogens (tertiary/aromatic N) is 8. The smallest absolute Gasteiger partial charge is 0.388 e. The van der Waals surface area contributed by atoms with Gasteiger partial charge in [-0.05, 0) is 41.7 Å². The van der Waals surface area contributed by atoms with Crippen molar-refractivity contribution in [3.8, 4) is 11.6 Å². The van der Waals surface area contributed by atoms with Crippen molar-refractivity contribution in [1.82, 2.24) is 34.7 Å². The lowest BCUT2D eigenvalue weighted by Gasteiger charge is -2.30. The first-order valence-electron chi connectivity index (χ1n) is 13.0. The largest absolute Gasteiger partial charge is 0.485 e. The average Bonchev–Trinajstić information content (AvgIpc) is 3.63. The van der Waals surface area contributed by atoms with Crippen LogP contribution in [0, 0.1) is 10.1 Å². The van der Waals surface area contributed by atoms with E-state index in [0.29, 0.717) is 36.5 Å². The average molecular weight is 536 g/mol. The molecule has 1 aliphatic carbocycles. The van der Waals surface area contributed by atoms with Crippen LogP contribution in [0.15, 0.2) is 31.0 Å². The number of fused-ring (bicyclic) bond motifs is 1. The number of H-pyrrole nitrogens is 1. The maximum atomic E-state index is 11.3. The van der Waals surface area contributed by atoms with Crippen LogP contribution in [-0.4, -0.2) is 72.0 Å². The van der Waals surface area contributed by atoms with Crippen LogP contribution >= 0.6 is 0 Å². The number of ether oxygens (including phenoxy) is 3. The number of nitrogens with one attached hydrogen (secondary N) is 1. The fraction of sp³-hybridized carbons (Fsp3) is 0.480. The first-order valence-corrected chi connectivity index (χ1v) is 13.0. The summed E-state index contributed by atoms with van der Waals surface area (Å²) in [5.41, 5.74) is 1.09. The molecule has 0 amide bonds. The van der Waals surface area contributed by atoms with E-state index in [-0.39, 0.29) is 18.5 Å². The summed E-state index contributed by atoms with van der Waals surface area (Å²) in [6.45, 7) is 2.74. The van der Waals surface area contributed by atoms with Gasteiger partial charge in [-0.1, -0.05) is 0 Å². The summed E-state index contributed by atoms with van der Waals surface area (Å²) in [6, 6.07) is 3.78. The second-order valence-electron chi connectivity index (χ2n) is 9.76. The van der Waals surface area contributed by atoms with Gasteiger partial charge in [0, 0.05) is 32.1 Å². The number of hydrogen-bond acceptors (Lipinski definition) is 11. The summed E-state index contributed by atoms with van der Waals surface area (Å²) < 4.78 is 19.5. The third kappa shape index (κ3) is 5.32. The molecule has 0 aromatic carbocycles. The molecule has 2 aliphatic rings. The first-order chi connectivity index (χ1) is 19.0. The summed E-state index contributed by atoms with van der Waals surface area (Å²) in [4.78, 5) is 29.5. The molecule has 4 aromatic heterocycles. The van der Waals surface area contributed by atoms with E-state index in [1.807, 2.05) is 12.1 Å². The van der Waals surface area contributed by atoms with Crippen LogP contribution in [-0.2, 0) is 18.4 Å². The maximum Gasteiger partial charge on any atom is 0.388 e. The van der Waals surface area contributed by atoms with Gasteiger partial charge in [-0.15, -0.1) is 10.2 Å². The number of rotatable bonds is 8. The van der Waals surface area contributed by atoms with E-state index in [1.54, 1.807) is 24.1 Å². The van der Waals surface area contributed by atoms with Gasteiger partial charge in [0.1, 0.15) is 36.4 Å². The van der Waals surface area contributed by atoms with E-state index < -0.39 is 4.92 Å². The molecule has 204 valence electrons. The predicted octanol–water partition coefficient (Wildman–Crippen LogP) is 2.91. The lowest BCUT2D eigenvalue weighted by molar-refractivity contribution is -0.390. The van der Waals surface area contributed by atoms with Crippen molar-refractivity contribution in [3.63, 3.8) is 0 Å². The number of aryl methyl sites for hydroxylation is 1. The summed E-state index contributed by atoms with van der Waals surface area (Å²) in [5.74, 6) is 2.79. The Morgan fingerprint density at radius 1 is 1.18 bits per heavy atom. The second-order valence-corrected chi connectivity index (χ2v) is 9.76. The molecular formula is C25H29N9O5. The fourth-order valence-electron chi connectivity index (χ4n) is 5.12. The Morgan fingerprint density at radius 3 is 2.74 bits per heavy atom. The molecule has 4 aromatic rings. The molecule has 0 bridgehead atoms. The van der Waals surface area contributed by atoms with Crippen LogP contribution < -0.4 is 14.4 Å². The Kier molecular flexibility index (Phi) is 6.92. The molecule has 39 heavy (non-hydrogen) atoms.